The zero-order valence-corrected chi connectivity index (χ0v) is 25.3. The van der Waals surface area contributed by atoms with Crippen LogP contribution in [0.25, 0.3) is 0 Å². The number of amides is 2. The number of hydrogen-bond donors (Lipinski definition) is 1. The van der Waals surface area contributed by atoms with E-state index in [9.17, 15) is 18.0 Å². The Bertz CT molecular complexity index is 1430. The number of benzene rings is 3. The van der Waals surface area contributed by atoms with E-state index in [1.54, 1.807) is 30.3 Å². The standard InChI is InChI=1S/C31H35Cl2N3O4S/c1-2-27(31(38)34-24-14-9-10-15-24)35(21-20-23-12-5-3-6-13-23)29(37)22-36(28-19-11-18-26(32)30(28)33)41(39,40)25-16-7-4-8-17-25/h3-8,11-13,16-19,24,27H,2,9-10,14-15,20-22H2,1H3,(H,34,38). The minimum Gasteiger partial charge on any atom is -0.352 e. The zero-order valence-electron chi connectivity index (χ0n) is 23.0. The fraction of sp³-hybridized carbons (Fsp3) is 0.355. The molecule has 1 aliphatic rings. The lowest BCUT2D eigenvalue weighted by Crippen LogP contribution is -2.54. The summed E-state index contributed by atoms with van der Waals surface area (Å²) in [7, 11) is -4.22. The molecule has 0 bridgehead atoms. The van der Waals surface area contributed by atoms with Crippen molar-refractivity contribution in [2.24, 2.45) is 0 Å². The third-order valence-corrected chi connectivity index (χ3v) is 9.96. The van der Waals surface area contributed by atoms with Crippen molar-refractivity contribution >= 4 is 50.7 Å². The van der Waals surface area contributed by atoms with Gasteiger partial charge in [0.25, 0.3) is 10.0 Å². The van der Waals surface area contributed by atoms with E-state index in [1.807, 2.05) is 37.3 Å². The van der Waals surface area contributed by atoms with Gasteiger partial charge in [-0.2, -0.15) is 0 Å². The Morgan fingerprint density at radius 1 is 0.927 bits per heavy atom. The molecule has 1 N–H and O–H groups in total. The number of nitrogens with one attached hydrogen (secondary N) is 1. The van der Waals surface area contributed by atoms with E-state index in [2.05, 4.69) is 5.32 Å². The fourth-order valence-electron chi connectivity index (χ4n) is 5.18. The van der Waals surface area contributed by atoms with Gasteiger partial charge >= 0.3 is 0 Å². The van der Waals surface area contributed by atoms with Crippen LogP contribution in [-0.4, -0.2) is 50.3 Å². The average molecular weight is 617 g/mol. The number of rotatable bonds is 12. The summed E-state index contributed by atoms with van der Waals surface area (Å²) >= 11 is 12.8. The quantitative estimate of drug-likeness (QED) is 0.267. The van der Waals surface area contributed by atoms with Crippen molar-refractivity contribution in [2.75, 3.05) is 17.4 Å². The highest BCUT2D eigenvalue weighted by molar-refractivity contribution is 7.92. The first kappa shape index (κ1) is 30.9. The summed E-state index contributed by atoms with van der Waals surface area (Å²) in [5.41, 5.74) is 1.09. The summed E-state index contributed by atoms with van der Waals surface area (Å²) in [4.78, 5) is 29.1. The molecule has 0 spiro atoms. The van der Waals surface area contributed by atoms with Gasteiger partial charge in [0.15, 0.2) is 0 Å². The van der Waals surface area contributed by atoms with Gasteiger partial charge in [-0.1, -0.05) is 97.6 Å². The van der Waals surface area contributed by atoms with E-state index in [0.717, 1.165) is 35.6 Å². The highest BCUT2D eigenvalue weighted by Crippen LogP contribution is 2.35. The van der Waals surface area contributed by atoms with Crippen LogP contribution in [0.3, 0.4) is 0 Å². The molecule has 0 radical (unpaired) electrons. The van der Waals surface area contributed by atoms with Crippen LogP contribution in [0, 0.1) is 0 Å². The van der Waals surface area contributed by atoms with Crippen LogP contribution < -0.4 is 9.62 Å². The molecule has 0 aliphatic heterocycles. The molecule has 2 amide bonds. The van der Waals surface area contributed by atoms with Crippen LogP contribution in [0.15, 0.2) is 83.8 Å². The van der Waals surface area contributed by atoms with Gasteiger partial charge in [-0.3, -0.25) is 13.9 Å². The number of nitrogens with zero attached hydrogens (tertiary/aromatic N) is 2. The summed E-state index contributed by atoms with van der Waals surface area (Å²) in [6.45, 7) is 1.54. The summed E-state index contributed by atoms with van der Waals surface area (Å²) in [5, 5.41) is 3.30. The molecule has 41 heavy (non-hydrogen) atoms. The summed E-state index contributed by atoms with van der Waals surface area (Å²) < 4.78 is 28.8. The monoisotopic (exact) mass is 615 g/mol. The van der Waals surface area contributed by atoms with Crippen LogP contribution in [0.4, 0.5) is 5.69 Å². The molecule has 1 atom stereocenters. The second kappa shape index (κ2) is 14.2. The van der Waals surface area contributed by atoms with Crippen LogP contribution >= 0.6 is 23.2 Å². The molecular formula is C31H35Cl2N3O4S. The van der Waals surface area contributed by atoms with Crippen molar-refractivity contribution in [3.8, 4) is 0 Å². The number of carbonyl (C=O) groups is 2. The van der Waals surface area contributed by atoms with E-state index in [0.29, 0.717) is 12.8 Å². The van der Waals surface area contributed by atoms with Gasteiger partial charge in [0.05, 0.1) is 20.6 Å². The Labute approximate surface area is 252 Å². The third-order valence-electron chi connectivity index (χ3n) is 7.38. The summed E-state index contributed by atoms with van der Waals surface area (Å²) in [6, 6.07) is 21.5. The lowest BCUT2D eigenvalue weighted by Gasteiger charge is -2.34. The van der Waals surface area contributed by atoms with Gasteiger partial charge in [-0.15, -0.1) is 0 Å². The summed E-state index contributed by atoms with van der Waals surface area (Å²) in [6.07, 6.45) is 4.83. The maximum Gasteiger partial charge on any atom is 0.264 e. The van der Waals surface area contributed by atoms with Gasteiger partial charge in [0, 0.05) is 12.6 Å². The molecule has 1 unspecified atom stereocenters. The van der Waals surface area contributed by atoms with Crippen molar-refractivity contribution < 1.29 is 18.0 Å². The molecule has 3 aromatic rings. The Morgan fingerprint density at radius 2 is 1.56 bits per heavy atom. The Hall–Kier alpha value is -3.07. The Kier molecular flexibility index (Phi) is 10.7. The van der Waals surface area contributed by atoms with Crippen molar-refractivity contribution in [3.63, 3.8) is 0 Å². The molecule has 0 saturated heterocycles. The minimum atomic E-state index is -4.22. The van der Waals surface area contributed by atoms with E-state index >= 15 is 0 Å². The number of sulfonamides is 1. The van der Waals surface area contributed by atoms with Crippen LogP contribution in [0.5, 0.6) is 0 Å². The lowest BCUT2D eigenvalue weighted by molar-refractivity contribution is -0.139. The number of halogens is 2. The minimum absolute atomic E-state index is 0.00527. The SMILES string of the molecule is CCC(C(=O)NC1CCCC1)N(CCc1ccccc1)C(=O)CN(c1cccc(Cl)c1Cl)S(=O)(=O)c1ccccc1. The topological polar surface area (TPSA) is 86.8 Å². The predicted molar refractivity (Wildman–Crippen MR) is 164 cm³/mol. The van der Waals surface area contributed by atoms with E-state index in [-0.39, 0.29) is 39.1 Å². The molecule has 1 fully saturated rings. The van der Waals surface area contributed by atoms with E-state index in [1.165, 1.54) is 23.1 Å². The highest BCUT2D eigenvalue weighted by Gasteiger charge is 2.35. The molecular weight excluding hydrogens is 581 g/mol. The second-order valence-corrected chi connectivity index (χ2v) is 12.8. The first-order valence-corrected chi connectivity index (χ1v) is 16.1. The average Bonchev–Trinajstić information content (AvgIpc) is 3.49. The van der Waals surface area contributed by atoms with E-state index in [4.69, 9.17) is 23.2 Å². The molecule has 3 aromatic carbocycles. The van der Waals surface area contributed by atoms with Crippen molar-refractivity contribution in [1.29, 1.82) is 0 Å². The molecule has 0 heterocycles. The molecule has 7 nitrogen and oxygen atoms in total. The van der Waals surface area contributed by atoms with Gasteiger partial charge < -0.3 is 10.2 Å². The van der Waals surface area contributed by atoms with Crippen LogP contribution in [0.1, 0.15) is 44.6 Å². The van der Waals surface area contributed by atoms with Gasteiger partial charge in [0.1, 0.15) is 12.6 Å². The predicted octanol–water partition coefficient (Wildman–Crippen LogP) is 6.10. The van der Waals surface area contributed by atoms with E-state index < -0.39 is 28.5 Å². The lowest BCUT2D eigenvalue weighted by atomic mass is 10.1. The second-order valence-electron chi connectivity index (χ2n) is 10.1. The first-order valence-electron chi connectivity index (χ1n) is 13.9. The zero-order chi connectivity index (χ0) is 29.4. The Morgan fingerprint density at radius 3 is 2.20 bits per heavy atom. The normalized spacial score (nSPS) is 14.4. The van der Waals surface area contributed by atoms with Crippen molar-refractivity contribution in [3.05, 3.63) is 94.5 Å². The molecule has 0 aromatic heterocycles. The van der Waals surface area contributed by atoms with Crippen LogP contribution in [-0.2, 0) is 26.0 Å². The molecule has 10 heteroatoms. The number of anilines is 1. The maximum atomic E-state index is 14.1. The fourth-order valence-corrected chi connectivity index (χ4v) is 7.08. The van der Waals surface area contributed by atoms with Crippen molar-refractivity contribution in [1.82, 2.24) is 10.2 Å². The summed E-state index contributed by atoms with van der Waals surface area (Å²) in [5.74, 6) is -0.732. The number of hydrogen-bond acceptors (Lipinski definition) is 4. The molecule has 4 rings (SSSR count). The smallest absolute Gasteiger partial charge is 0.264 e. The Balaban J connectivity index is 1.69. The van der Waals surface area contributed by atoms with Gasteiger partial charge in [-0.25, -0.2) is 8.42 Å². The van der Waals surface area contributed by atoms with Gasteiger partial charge in [0.2, 0.25) is 11.8 Å². The molecule has 1 aliphatic carbocycles. The maximum absolute atomic E-state index is 14.1. The van der Waals surface area contributed by atoms with Crippen LogP contribution in [0.2, 0.25) is 10.0 Å². The molecule has 218 valence electrons. The number of carbonyl (C=O) groups excluding carboxylic acids is 2. The van der Waals surface area contributed by atoms with Gasteiger partial charge in [-0.05, 0) is 55.5 Å². The largest absolute Gasteiger partial charge is 0.352 e. The third kappa shape index (κ3) is 7.61. The molecule has 1 saturated carbocycles. The van der Waals surface area contributed by atoms with Crippen molar-refractivity contribution in [2.45, 2.75) is 62.4 Å². The highest BCUT2D eigenvalue weighted by atomic mass is 35.5. The first-order chi connectivity index (χ1) is 19.7.